The van der Waals surface area contributed by atoms with E-state index in [9.17, 15) is 4.39 Å². The minimum Gasteiger partial charge on any atom is -0.487 e. The average molecular weight is 238 g/mol. The van der Waals surface area contributed by atoms with E-state index in [4.69, 9.17) is 16.3 Å². The smallest absolute Gasteiger partial charge is 0.142 e. The van der Waals surface area contributed by atoms with E-state index in [-0.39, 0.29) is 11.6 Å². The van der Waals surface area contributed by atoms with Gasteiger partial charge in [0.05, 0.1) is 11.2 Å². The summed E-state index contributed by atoms with van der Waals surface area (Å²) < 4.78 is 18.5. The molecule has 1 aromatic heterocycles. The van der Waals surface area contributed by atoms with Crippen LogP contribution in [0.3, 0.4) is 0 Å². The second-order valence-electron chi connectivity index (χ2n) is 3.19. The molecule has 0 aliphatic heterocycles. The van der Waals surface area contributed by atoms with Gasteiger partial charge in [-0.05, 0) is 18.2 Å². The van der Waals surface area contributed by atoms with Crippen molar-refractivity contribution in [3.05, 3.63) is 59.1 Å². The lowest BCUT2D eigenvalue weighted by Gasteiger charge is -2.07. The molecule has 0 spiro atoms. The van der Waals surface area contributed by atoms with E-state index in [0.717, 1.165) is 0 Å². The highest BCUT2D eigenvalue weighted by atomic mass is 35.5. The van der Waals surface area contributed by atoms with Crippen LogP contribution < -0.4 is 4.74 Å². The van der Waals surface area contributed by atoms with Gasteiger partial charge in [-0.3, -0.25) is 4.98 Å². The highest BCUT2D eigenvalue weighted by Crippen LogP contribution is 2.21. The van der Waals surface area contributed by atoms with E-state index in [2.05, 4.69) is 4.98 Å². The summed E-state index contributed by atoms with van der Waals surface area (Å²) in [6.45, 7) is 0.224. The summed E-state index contributed by atoms with van der Waals surface area (Å²) >= 11 is 5.79. The first kappa shape index (κ1) is 10.9. The van der Waals surface area contributed by atoms with Crippen molar-refractivity contribution in [2.24, 2.45) is 0 Å². The van der Waals surface area contributed by atoms with Gasteiger partial charge in [0.15, 0.2) is 0 Å². The van der Waals surface area contributed by atoms with Gasteiger partial charge in [-0.2, -0.15) is 0 Å². The number of aromatic nitrogens is 1. The van der Waals surface area contributed by atoms with Crippen LogP contribution in [0.4, 0.5) is 4.39 Å². The number of benzene rings is 1. The molecule has 16 heavy (non-hydrogen) atoms. The minimum absolute atomic E-state index is 0.103. The van der Waals surface area contributed by atoms with E-state index in [1.54, 1.807) is 36.7 Å². The molecule has 0 fully saturated rings. The van der Waals surface area contributed by atoms with Crippen LogP contribution in [0.5, 0.6) is 5.75 Å². The zero-order valence-corrected chi connectivity index (χ0v) is 9.12. The number of ether oxygens (including phenoxy) is 1. The fourth-order valence-corrected chi connectivity index (χ4v) is 1.43. The van der Waals surface area contributed by atoms with Crippen LogP contribution in [0, 0.1) is 5.82 Å². The molecule has 4 heteroatoms. The Balaban J connectivity index is 2.08. The topological polar surface area (TPSA) is 22.1 Å². The summed E-state index contributed by atoms with van der Waals surface area (Å²) in [5, 5.41) is 0.103. The average Bonchev–Trinajstić information content (AvgIpc) is 2.32. The maximum atomic E-state index is 13.1. The molecule has 0 aliphatic carbocycles. The fraction of sp³-hybridized carbons (Fsp3) is 0.0833. The Morgan fingerprint density at radius 1 is 1.25 bits per heavy atom. The lowest BCUT2D eigenvalue weighted by Crippen LogP contribution is -1.97. The van der Waals surface area contributed by atoms with Crippen LogP contribution in [-0.2, 0) is 6.61 Å². The third kappa shape index (κ3) is 2.49. The summed E-state index contributed by atoms with van der Waals surface area (Å²) in [6.07, 6.45) is 3.25. The molecule has 0 bridgehead atoms. The van der Waals surface area contributed by atoms with Gasteiger partial charge in [-0.1, -0.05) is 23.7 Å². The predicted octanol–water partition coefficient (Wildman–Crippen LogP) is 3.45. The van der Waals surface area contributed by atoms with Gasteiger partial charge in [0, 0.05) is 11.8 Å². The van der Waals surface area contributed by atoms with Crippen molar-refractivity contribution >= 4 is 11.6 Å². The molecular weight excluding hydrogens is 229 g/mol. The van der Waals surface area contributed by atoms with Crippen molar-refractivity contribution in [2.75, 3.05) is 0 Å². The Hall–Kier alpha value is -1.61. The van der Waals surface area contributed by atoms with Crippen LogP contribution in [0.2, 0.25) is 5.02 Å². The van der Waals surface area contributed by atoms with E-state index in [0.29, 0.717) is 11.3 Å². The summed E-state index contributed by atoms with van der Waals surface area (Å²) in [7, 11) is 0. The largest absolute Gasteiger partial charge is 0.487 e. The van der Waals surface area contributed by atoms with E-state index in [1.807, 2.05) is 0 Å². The minimum atomic E-state index is -0.436. The van der Waals surface area contributed by atoms with E-state index in [1.165, 1.54) is 6.07 Å². The Morgan fingerprint density at radius 3 is 2.88 bits per heavy atom. The van der Waals surface area contributed by atoms with Crippen LogP contribution in [-0.4, -0.2) is 4.98 Å². The summed E-state index contributed by atoms with van der Waals surface area (Å²) in [4.78, 5) is 3.90. The third-order valence-electron chi connectivity index (χ3n) is 2.06. The number of rotatable bonds is 3. The number of halogens is 2. The van der Waals surface area contributed by atoms with Crippen molar-refractivity contribution in [1.29, 1.82) is 0 Å². The normalized spacial score (nSPS) is 10.1. The zero-order chi connectivity index (χ0) is 11.4. The molecule has 0 unspecified atom stereocenters. The Bertz CT molecular complexity index is 476. The number of nitrogens with zero attached hydrogens (tertiary/aromatic N) is 1. The van der Waals surface area contributed by atoms with Gasteiger partial charge in [-0.25, -0.2) is 4.39 Å². The molecular formula is C12H9ClFNO. The lowest BCUT2D eigenvalue weighted by atomic mass is 10.2. The molecule has 1 heterocycles. The molecule has 2 nitrogen and oxygen atoms in total. The van der Waals surface area contributed by atoms with E-state index < -0.39 is 5.82 Å². The maximum Gasteiger partial charge on any atom is 0.142 e. The van der Waals surface area contributed by atoms with Crippen molar-refractivity contribution in [1.82, 2.24) is 4.98 Å². The van der Waals surface area contributed by atoms with Gasteiger partial charge < -0.3 is 4.74 Å². The van der Waals surface area contributed by atoms with Gasteiger partial charge >= 0.3 is 0 Å². The monoisotopic (exact) mass is 237 g/mol. The summed E-state index contributed by atoms with van der Waals surface area (Å²) in [5.41, 5.74) is 0.616. The Morgan fingerprint density at radius 2 is 2.12 bits per heavy atom. The summed E-state index contributed by atoms with van der Waals surface area (Å²) in [5.74, 6) is 0.191. The zero-order valence-electron chi connectivity index (χ0n) is 8.36. The van der Waals surface area contributed by atoms with Gasteiger partial charge in [0.25, 0.3) is 0 Å². The number of hydrogen-bond donors (Lipinski definition) is 0. The molecule has 2 aromatic rings. The first-order chi connectivity index (χ1) is 7.77. The van der Waals surface area contributed by atoms with Crippen molar-refractivity contribution in [3.8, 4) is 5.75 Å². The highest BCUT2D eigenvalue weighted by molar-refractivity contribution is 6.31. The Kier molecular flexibility index (Phi) is 3.37. The molecule has 0 aliphatic rings. The molecule has 0 atom stereocenters. The molecule has 0 amide bonds. The molecule has 2 rings (SSSR count). The molecule has 0 saturated carbocycles. The molecule has 0 N–H and O–H groups in total. The first-order valence-electron chi connectivity index (χ1n) is 4.73. The number of pyridine rings is 1. The van der Waals surface area contributed by atoms with Crippen LogP contribution in [0.15, 0.2) is 42.7 Å². The van der Waals surface area contributed by atoms with Crippen LogP contribution >= 0.6 is 11.6 Å². The quantitative estimate of drug-likeness (QED) is 0.816. The molecule has 0 saturated heterocycles. The van der Waals surface area contributed by atoms with Crippen LogP contribution in [0.1, 0.15) is 5.56 Å². The second-order valence-corrected chi connectivity index (χ2v) is 3.57. The van der Waals surface area contributed by atoms with Crippen molar-refractivity contribution in [3.63, 3.8) is 0 Å². The molecule has 1 aromatic carbocycles. The number of hydrogen-bond acceptors (Lipinski definition) is 2. The predicted molar refractivity (Wildman–Crippen MR) is 60.0 cm³/mol. The third-order valence-corrected chi connectivity index (χ3v) is 2.48. The van der Waals surface area contributed by atoms with Crippen molar-refractivity contribution < 1.29 is 9.13 Å². The van der Waals surface area contributed by atoms with Gasteiger partial charge in [0.1, 0.15) is 18.2 Å². The SMILES string of the molecule is Fc1cccc(COc2cccnc2)c1Cl. The molecule has 0 radical (unpaired) electrons. The molecule has 82 valence electrons. The van der Waals surface area contributed by atoms with Gasteiger partial charge in [0.2, 0.25) is 0 Å². The highest BCUT2D eigenvalue weighted by Gasteiger charge is 2.05. The van der Waals surface area contributed by atoms with Crippen LogP contribution in [0.25, 0.3) is 0 Å². The maximum absolute atomic E-state index is 13.1. The second kappa shape index (κ2) is 4.94. The van der Waals surface area contributed by atoms with Crippen molar-refractivity contribution in [2.45, 2.75) is 6.61 Å². The lowest BCUT2D eigenvalue weighted by molar-refractivity contribution is 0.304. The first-order valence-corrected chi connectivity index (χ1v) is 5.11. The van der Waals surface area contributed by atoms with Gasteiger partial charge in [-0.15, -0.1) is 0 Å². The van der Waals surface area contributed by atoms with E-state index >= 15 is 0 Å². The standard InChI is InChI=1S/C12H9ClFNO/c13-12-9(3-1-5-11(12)14)8-16-10-4-2-6-15-7-10/h1-7H,8H2. The fourth-order valence-electron chi connectivity index (χ4n) is 1.25. The summed E-state index contributed by atoms with van der Waals surface area (Å²) in [6, 6.07) is 8.18. The Labute approximate surface area is 97.7 Å².